The van der Waals surface area contributed by atoms with Crippen LogP contribution in [0, 0.1) is 5.92 Å². The van der Waals surface area contributed by atoms with E-state index in [-0.39, 0.29) is 0 Å². The Morgan fingerprint density at radius 1 is 1.35 bits per heavy atom. The zero-order valence-corrected chi connectivity index (χ0v) is 13.2. The van der Waals surface area contributed by atoms with Gasteiger partial charge in [-0.05, 0) is 38.3 Å². The maximum Gasteiger partial charge on any atom is 0.0445 e. The third-order valence-electron chi connectivity index (χ3n) is 4.11. The van der Waals surface area contributed by atoms with Crippen LogP contribution in [0.2, 0.25) is 0 Å². The summed E-state index contributed by atoms with van der Waals surface area (Å²) in [6, 6.07) is 2.83. The second-order valence-corrected chi connectivity index (χ2v) is 6.42. The molecule has 20 heavy (non-hydrogen) atoms. The normalized spacial score (nSPS) is 20.2. The fourth-order valence-corrected chi connectivity index (χ4v) is 2.96. The first kappa shape index (κ1) is 15.3. The van der Waals surface area contributed by atoms with Gasteiger partial charge in [0.05, 0.1) is 0 Å². The van der Waals surface area contributed by atoms with Gasteiger partial charge in [0.15, 0.2) is 0 Å². The van der Waals surface area contributed by atoms with Gasteiger partial charge >= 0.3 is 0 Å². The van der Waals surface area contributed by atoms with Gasteiger partial charge in [-0.25, -0.2) is 0 Å². The average Bonchev–Trinajstić information content (AvgIpc) is 2.64. The van der Waals surface area contributed by atoms with E-state index in [1.165, 1.54) is 43.5 Å². The fraction of sp³-hybridized carbons (Fsp3) is 0.706. The predicted octanol–water partition coefficient (Wildman–Crippen LogP) is 3.60. The van der Waals surface area contributed by atoms with Gasteiger partial charge in [0.2, 0.25) is 0 Å². The first-order valence-electron chi connectivity index (χ1n) is 8.08. The zero-order chi connectivity index (χ0) is 14.4. The summed E-state index contributed by atoms with van der Waals surface area (Å²) < 4.78 is 0. The summed E-state index contributed by atoms with van der Waals surface area (Å²) in [5, 5.41) is 3.54. The van der Waals surface area contributed by atoms with Crippen LogP contribution in [0.3, 0.4) is 0 Å². The Balaban J connectivity index is 2.09. The molecule has 0 amide bonds. The summed E-state index contributed by atoms with van der Waals surface area (Å²) in [5.41, 5.74) is 2.72. The van der Waals surface area contributed by atoms with Crippen molar-refractivity contribution < 1.29 is 0 Å². The molecule has 2 rings (SSSR count). The van der Waals surface area contributed by atoms with E-state index < -0.39 is 0 Å². The number of rotatable bonds is 5. The van der Waals surface area contributed by atoms with Gasteiger partial charge in [0.25, 0.3) is 0 Å². The van der Waals surface area contributed by atoms with Crippen molar-refractivity contribution in [1.29, 1.82) is 0 Å². The van der Waals surface area contributed by atoms with Crippen molar-refractivity contribution in [1.82, 2.24) is 10.3 Å². The van der Waals surface area contributed by atoms with E-state index in [4.69, 9.17) is 0 Å². The average molecular weight is 275 g/mol. The van der Waals surface area contributed by atoms with E-state index in [1.54, 1.807) is 0 Å². The van der Waals surface area contributed by atoms with Crippen LogP contribution in [0.15, 0.2) is 18.5 Å². The van der Waals surface area contributed by atoms with E-state index in [1.807, 2.05) is 12.4 Å². The number of hydrogen-bond acceptors (Lipinski definition) is 3. The van der Waals surface area contributed by atoms with E-state index in [0.29, 0.717) is 12.0 Å². The molecule has 2 heterocycles. The maximum absolute atomic E-state index is 4.32. The topological polar surface area (TPSA) is 28.2 Å². The van der Waals surface area contributed by atoms with Crippen molar-refractivity contribution in [2.24, 2.45) is 5.92 Å². The molecule has 1 saturated heterocycles. The minimum Gasteiger partial charge on any atom is -0.368 e. The van der Waals surface area contributed by atoms with Crippen LogP contribution in [0.5, 0.6) is 0 Å². The van der Waals surface area contributed by atoms with Crippen molar-refractivity contribution >= 4 is 5.69 Å². The highest BCUT2D eigenvalue weighted by Gasteiger charge is 2.19. The van der Waals surface area contributed by atoms with Crippen LogP contribution < -0.4 is 10.2 Å². The molecule has 1 atom stereocenters. The lowest BCUT2D eigenvalue weighted by Crippen LogP contribution is -2.34. The largest absolute Gasteiger partial charge is 0.368 e. The molecular weight excluding hydrogens is 246 g/mol. The second-order valence-electron chi connectivity index (χ2n) is 6.42. The predicted molar refractivity (Wildman–Crippen MR) is 86.1 cm³/mol. The molecule has 0 saturated carbocycles. The summed E-state index contributed by atoms with van der Waals surface area (Å²) in [7, 11) is 0. The second kappa shape index (κ2) is 7.63. The minimum atomic E-state index is 0.642. The van der Waals surface area contributed by atoms with E-state index in [9.17, 15) is 0 Å². The monoisotopic (exact) mass is 275 g/mol. The number of nitrogens with one attached hydrogen (secondary N) is 1. The number of nitrogens with zero attached hydrogens (tertiary/aromatic N) is 2. The highest BCUT2D eigenvalue weighted by atomic mass is 15.2. The van der Waals surface area contributed by atoms with Crippen molar-refractivity contribution in [2.75, 3.05) is 18.0 Å². The van der Waals surface area contributed by atoms with E-state index >= 15 is 0 Å². The van der Waals surface area contributed by atoms with Crippen LogP contribution in [-0.4, -0.2) is 24.1 Å². The molecule has 0 aliphatic carbocycles. The van der Waals surface area contributed by atoms with Crippen LogP contribution in [0.25, 0.3) is 0 Å². The van der Waals surface area contributed by atoms with E-state index in [2.05, 4.69) is 42.0 Å². The highest BCUT2D eigenvalue weighted by Crippen LogP contribution is 2.26. The lowest BCUT2D eigenvalue weighted by atomic mass is 10.1. The first-order chi connectivity index (χ1) is 9.68. The third-order valence-corrected chi connectivity index (χ3v) is 4.11. The van der Waals surface area contributed by atoms with Gasteiger partial charge in [-0.3, -0.25) is 4.98 Å². The highest BCUT2D eigenvalue weighted by molar-refractivity contribution is 5.53. The quantitative estimate of drug-likeness (QED) is 0.890. The molecule has 3 nitrogen and oxygen atoms in total. The standard InChI is InChI=1S/C17H29N3/c1-14(2)11-19-13-16-12-18-9-8-17(16)20-10-6-4-5-7-15(20)3/h8-9,12,14-15,19H,4-7,10-11,13H2,1-3H3. The van der Waals surface area contributed by atoms with Gasteiger partial charge in [-0.1, -0.05) is 26.7 Å². The van der Waals surface area contributed by atoms with Gasteiger partial charge in [0, 0.05) is 42.8 Å². The fourth-order valence-electron chi connectivity index (χ4n) is 2.96. The molecular formula is C17H29N3. The van der Waals surface area contributed by atoms with Crippen molar-refractivity contribution in [3.05, 3.63) is 24.0 Å². The van der Waals surface area contributed by atoms with Crippen molar-refractivity contribution in [2.45, 2.75) is 59.0 Å². The Morgan fingerprint density at radius 3 is 3.00 bits per heavy atom. The molecule has 1 aliphatic heterocycles. The third kappa shape index (κ3) is 4.20. The summed E-state index contributed by atoms with van der Waals surface area (Å²) in [5.74, 6) is 0.687. The smallest absolute Gasteiger partial charge is 0.0445 e. The van der Waals surface area contributed by atoms with Crippen molar-refractivity contribution in [3.8, 4) is 0 Å². The Hall–Kier alpha value is -1.09. The number of anilines is 1. The summed E-state index contributed by atoms with van der Waals surface area (Å²) in [4.78, 5) is 6.90. The van der Waals surface area contributed by atoms with Crippen molar-refractivity contribution in [3.63, 3.8) is 0 Å². The molecule has 0 spiro atoms. The van der Waals surface area contributed by atoms with E-state index in [0.717, 1.165) is 13.1 Å². The summed E-state index contributed by atoms with van der Waals surface area (Å²) in [6.07, 6.45) is 9.31. The van der Waals surface area contributed by atoms with Gasteiger partial charge in [0.1, 0.15) is 0 Å². The molecule has 0 aromatic carbocycles. The number of pyridine rings is 1. The Morgan fingerprint density at radius 2 is 2.20 bits per heavy atom. The summed E-state index contributed by atoms with van der Waals surface area (Å²) in [6.45, 7) is 10.0. The Labute approximate surface area is 123 Å². The molecule has 1 N–H and O–H groups in total. The van der Waals surface area contributed by atoms with Gasteiger partial charge in [-0.15, -0.1) is 0 Å². The molecule has 112 valence electrons. The van der Waals surface area contributed by atoms with Gasteiger partial charge in [-0.2, -0.15) is 0 Å². The molecule has 1 unspecified atom stereocenters. The maximum atomic E-state index is 4.32. The van der Waals surface area contributed by atoms with Crippen LogP contribution in [0.1, 0.15) is 52.0 Å². The molecule has 1 aromatic heterocycles. The molecule has 1 aliphatic rings. The zero-order valence-electron chi connectivity index (χ0n) is 13.2. The molecule has 3 heteroatoms. The molecule has 0 bridgehead atoms. The Bertz CT molecular complexity index is 403. The molecule has 1 fully saturated rings. The number of aromatic nitrogens is 1. The molecule has 0 radical (unpaired) electrons. The first-order valence-corrected chi connectivity index (χ1v) is 8.08. The Kier molecular flexibility index (Phi) is 5.84. The van der Waals surface area contributed by atoms with Gasteiger partial charge < -0.3 is 10.2 Å². The van der Waals surface area contributed by atoms with Crippen LogP contribution in [0.4, 0.5) is 5.69 Å². The summed E-state index contributed by atoms with van der Waals surface area (Å²) >= 11 is 0. The number of hydrogen-bond donors (Lipinski definition) is 1. The van der Waals surface area contributed by atoms with Crippen LogP contribution >= 0.6 is 0 Å². The SMILES string of the molecule is CC(C)CNCc1cnccc1N1CCCCCC1C. The van der Waals surface area contributed by atoms with Crippen LogP contribution in [-0.2, 0) is 6.54 Å². The minimum absolute atomic E-state index is 0.642. The lowest BCUT2D eigenvalue weighted by molar-refractivity contribution is 0.549. The molecule has 1 aromatic rings. The lowest BCUT2D eigenvalue weighted by Gasteiger charge is -2.31.